The highest BCUT2D eigenvalue weighted by atomic mass is 16.3. The monoisotopic (exact) mass is 190 g/mol. The number of hydrogen-bond acceptors (Lipinski definition) is 1. The van der Waals surface area contributed by atoms with Crippen LogP contribution in [0.25, 0.3) is 0 Å². The van der Waals surface area contributed by atoms with Crippen molar-refractivity contribution in [2.75, 3.05) is 0 Å². The molecule has 1 heteroatoms. The molecule has 0 radical (unpaired) electrons. The summed E-state index contributed by atoms with van der Waals surface area (Å²) in [5.41, 5.74) is 0. The molecule has 0 aromatic heterocycles. The lowest BCUT2D eigenvalue weighted by Gasteiger charge is -2.48. The number of aliphatic hydroxyl groups excluding tert-OH is 1. The molecule has 1 nitrogen and oxygen atoms in total. The lowest BCUT2D eigenvalue weighted by atomic mass is 9.57. The first kappa shape index (κ1) is 7.92. The van der Waals surface area contributed by atoms with E-state index in [4.69, 9.17) is 0 Å². The Bertz CT molecular complexity index is 296. The van der Waals surface area contributed by atoms with Crippen LogP contribution in [0.3, 0.4) is 0 Å². The lowest BCUT2D eigenvalue weighted by Crippen LogP contribution is -2.44. The standard InChI is InChI=1S/C13H18O/c14-11-6-9-5-10(11)13-8-3-1-7(2-4-8)12(9)13/h1,3,7-14H,2,4-6H2/t7-,8+,9+,10-,11-,12+,13-/m0/s1. The van der Waals surface area contributed by atoms with E-state index in [1.165, 1.54) is 19.3 Å². The SMILES string of the molecule is O[C@H]1C[C@H]2C[C@@H]1[C@H]1[C@@H]2[C@H]2C=C[C@@H]1CC2. The van der Waals surface area contributed by atoms with E-state index in [1.807, 2.05) is 0 Å². The minimum absolute atomic E-state index is 0.0500. The third kappa shape index (κ3) is 0.770. The van der Waals surface area contributed by atoms with Gasteiger partial charge in [-0.25, -0.2) is 0 Å². The van der Waals surface area contributed by atoms with Gasteiger partial charge in [0, 0.05) is 0 Å². The van der Waals surface area contributed by atoms with Gasteiger partial charge in [-0.3, -0.25) is 0 Å². The van der Waals surface area contributed by atoms with E-state index in [1.54, 1.807) is 0 Å². The molecule has 0 aromatic carbocycles. The van der Waals surface area contributed by atoms with Crippen molar-refractivity contribution in [3.05, 3.63) is 12.2 Å². The predicted octanol–water partition coefficient (Wildman–Crippen LogP) is 2.22. The summed E-state index contributed by atoms with van der Waals surface area (Å²) in [5.74, 6) is 5.09. The quantitative estimate of drug-likeness (QED) is 0.581. The normalized spacial score (nSPS) is 63.4. The van der Waals surface area contributed by atoms with Crippen molar-refractivity contribution in [3.63, 3.8) is 0 Å². The Kier molecular flexibility index (Phi) is 1.38. The first-order valence-electron chi connectivity index (χ1n) is 6.21. The van der Waals surface area contributed by atoms with Gasteiger partial charge in [0.05, 0.1) is 6.10 Å². The minimum Gasteiger partial charge on any atom is -0.393 e. The summed E-state index contributed by atoms with van der Waals surface area (Å²) >= 11 is 0. The maximum absolute atomic E-state index is 9.96. The number of aliphatic hydroxyl groups is 1. The Morgan fingerprint density at radius 1 is 0.929 bits per heavy atom. The fourth-order valence-corrected chi connectivity index (χ4v) is 5.16. The van der Waals surface area contributed by atoms with E-state index >= 15 is 0 Å². The van der Waals surface area contributed by atoms with Crippen molar-refractivity contribution < 1.29 is 5.11 Å². The average molecular weight is 190 g/mol. The summed E-state index contributed by atoms with van der Waals surface area (Å²) in [6, 6.07) is 0. The molecule has 0 unspecified atom stereocenters. The molecule has 0 aliphatic heterocycles. The van der Waals surface area contributed by atoms with Gasteiger partial charge in [-0.05, 0) is 61.2 Å². The molecule has 5 rings (SSSR count). The Labute approximate surface area is 85.2 Å². The average Bonchev–Trinajstić information content (AvgIpc) is 2.78. The molecule has 5 aliphatic rings. The van der Waals surface area contributed by atoms with Crippen LogP contribution < -0.4 is 0 Å². The third-order valence-corrected chi connectivity index (χ3v) is 5.52. The third-order valence-electron chi connectivity index (χ3n) is 5.52. The Morgan fingerprint density at radius 3 is 2.36 bits per heavy atom. The van der Waals surface area contributed by atoms with Gasteiger partial charge in [0.25, 0.3) is 0 Å². The summed E-state index contributed by atoms with van der Waals surface area (Å²) in [6.45, 7) is 0. The number of allylic oxidation sites excluding steroid dienone is 2. The number of fused-ring (bicyclic) bond motifs is 3. The maximum atomic E-state index is 9.96. The van der Waals surface area contributed by atoms with Crippen molar-refractivity contribution in [3.8, 4) is 0 Å². The lowest BCUT2D eigenvalue weighted by molar-refractivity contribution is -0.00686. The molecular formula is C13H18O. The van der Waals surface area contributed by atoms with Gasteiger partial charge in [-0.2, -0.15) is 0 Å². The molecule has 3 fully saturated rings. The molecule has 7 atom stereocenters. The van der Waals surface area contributed by atoms with E-state index in [0.29, 0.717) is 5.92 Å². The highest BCUT2D eigenvalue weighted by Gasteiger charge is 2.58. The second-order valence-corrected chi connectivity index (χ2v) is 5.91. The van der Waals surface area contributed by atoms with Crippen LogP contribution in [-0.2, 0) is 0 Å². The summed E-state index contributed by atoms with van der Waals surface area (Å²) in [4.78, 5) is 0. The number of hydrogen-bond donors (Lipinski definition) is 1. The zero-order valence-electron chi connectivity index (χ0n) is 8.47. The smallest absolute Gasteiger partial charge is 0.0574 e. The van der Waals surface area contributed by atoms with Crippen LogP contribution in [-0.4, -0.2) is 11.2 Å². The fraction of sp³-hybridized carbons (Fsp3) is 0.846. The zero-order chi connectivity index (χ0) is 9.28. The fourth-order valence-electron chi connectivity index (χ4n) is 5.16. The molecule has 76 valence electrons. The second-order valence-electron chi connectivity index (χ2n) is 5.91. The Hall–Kier alpha value is -0.300. The molecule has 0 heterocycles. The Balaban J connectivity index is 1.77. The van der Waals surface area contributed by atoms with Crippen molar-refractivity contribution in [1.82, 2.24) is 0 Å². The summed E-state index contributed by atoms with van der Waals surface area (Å²) < 4.78 is 0. The maximum Gasteiger partial charge on any atom is 0.0574 e. The summed E-state index contributed by atoms with van der Waals surface area (Å²) in [6.07, 6.45) is 10.3. The van der Waals surface area contributed by atoms with Gasteiger partial charge in [-0.1, -0.05) is 12.2 Å². The van der Waals surface area contributed by atoms with Crippen LogP contribution in [0.15, 0.2) is 12.2 Å². The van der Waals surface area contributed by atoms with Gasteiger partial charge in [0.1, 0.15) is 0 Å². The van der Waals surface area contributed by atoms with E-state index in [-0.39, 0.29) is 6.10 Å². The molecule has 14 heavy (non-hydrogen) atoms. The van der Waals surface area contributed by atoms with Crippen LogP contribution in [0.4, 0.5) is 0 Å². The number of rotatable bonds is 0. The Morgan fingerprint density at radius 2 is 1.64 bits per heavy atom. The van der Waals surface area contributed by atoms with Gasteiger partial charge < -0.3 is 5.11 Å². The molecule has 0 aromatic rings. The van der Waals surface area contributed by atoms with E-state index in [2.05, 4.69) is 12.2 Å². The molecule has 3 saturated carbocycles. The predicted molar refractivity (Wildman–Crippen MR) is 54.6 cm³/mol. The van der Waals surface area contributed by atoms with Crippen molar-refractivity contribution in [1.29, 1.82) is 0 Å². The van der Waals surface area contributed by atoms with Crippen LogP contribution in [0.5, 0.6) is 0 Å². The van der Waals surface area contributed by atoms with E-state index in [0.717, 1.165) is 36.0 Å². The van der Waals surface area contributed by atoms with Crippen LogP contribution in [0, 0.1) is 35.5 Å². The molecule has 0 spiro atoms. The van der Waals surface area contributed by atoms with Gasteiger partial charge >= 0.3 is 0 Å². The molecular weight excluding hydrogens is 172 g/mol. The molecule has 1 N–H and O–H groups in total. The highest BCUT2D eigenvalue weighted by Crippen LogP contribution is 2.63. The van der Waals surface area contributed by atoms with E-state index < -0.39 is 0 Å². The van der Waals surface area contributed by atoms with Crippen molar-refractivity contribution in [2.24, 2.45) is 35.5 Å². The summed E-state index contributed by atoms with van der Waals surface area (Å²) in [5, 5.41) is 9.96. The summed E-state index contributed by atoms with van der Waals surface area (Å²) in [7, 11) is 0. The second kappa shape index (κ2) is 2.44. The first-order valence-corrected chi connectivity index (χ1v) is 6.21. The van der Waals surface area contributed by atoms with Crippen molar-refractivity contribution in [2.45, 2.75) is 31.8 Å². The molecule has 0 amide bonds. The van der Waals surface area contributed by atoms with Gasteiger partial charge in [0.2, 0.25) is 0 Å². The molecule has 5 aliphatic carbocycles. The van der Waals surface area contributed by atoms with Gasteiger partial charge in [-0.15, -0.1) is 0 Å². The van der Waals surface area contributed by atoms with Crippen LogP contribution in [0.2, 0.25) is 0 Å². The first-order chi connectivity index (χ1) is 6.84. The zero-order valence-corrected chi connectivity index (χ0v) is 8.47. The van der Waals surface area contributed by atoms with Gasteiger partial charge in [0.15, 0.2) is 0 Å². The van der Waals surface area contributed by atoms with E-state index in [9.17, 15) is 5.11 Å². The molecule has 0 saturated heterocycles. The van der Waals surface area contributed by atoms with Crippen LogP contribution in [0.1, 0.15) is 25.7 Å². The topological polar surface area (TPSA) is 20.2 Å². The largest absolute Gasteiger partial charge is 0.393 e. The van der Waals surface area contributed by atoms with Crippen molar-refractivity contribution >= 4 is 0 Å². The van der Waals surface area contributed by atoms with Crippen LogP contribution >= 0.6 is 0 Å². The highest BCUT2D eigenvalue weighted by molar-refractivity contribution is 5.17. The minimum atomic E-state index is 0.0500. The molecule has 4 bridgehead atoms.